The summed E-state index contributed by atoms with van der Waals surface area (Å²) >= 11 is 0. The molecule has 0 aliphatic carbocycles. The van der Waals surface area contributed by atoms with Gasteiger partial charge in [-0.1, -0.05) is 0 Å². The molecule has 2 heterocycles. The molecule has 0 radical (unpaired) electrons. The van der Waals surface area contributed by atoms with Crippen molar-refractivity contribution in [1.29, 1.82) is 0 Å². The van der Waals surface area contributed by atoms with E-state index in [4.69, 9.17) is 0 Å². The van der Waals surface area contributed by atoms with Gasteiger partial charge in [0.05, 0.1) is 16.7 Å². The van der Waals surface area contributed by atoms with Gasteiger partial charge in [-0.2, -0.15) is 0 Å². The highest BCUT2D eigenvalue weighted by Crippen LogP contribution is 2.36. The zero-order chi connectivity index (χ0) is 16.7. The minimum atomic E-state index is 0.00758. The van der Waals surface area contributed by atoms with E-state index in [-0.39, 0.29) is 17.6 Å². The summed E-state index contributed by atoms with van der Waals surface area (Å²) in [6, 6.07) is 5.55. The number of aryl methyl sites for hydroxylation is 1. The van der Waals surface area contributed by atoms with E-state index < -0.39 is 0 Å². The Hall–Kier alpha value is -2.76. The van der Waals surface area contributed by atoms with Crippen molar-refractivity contribution in [2.45, 2.75) is 26.8 Å². The fourth-order valence-corrected chi connectivity index (χ4v) is 2.65. The van der Waals surface area contributed by atoms with Gasteiger partial charge in [-0.25, -0.2) is 4.98 Å². The molecule has 2 aromatic heterocycles. The second-order valence-electron chi connectivity index (χ2n) is 6.02. The third-order valence-corrected chi connectivity index (χ3v) is 3.71. The van der Waals surface area contributed by atoms with E-state index in [0.29, 0.717) is 22.8 Å². The van der Waals surface area contributed by atoms with E-state index in [1.54, 1.807) is 18.2 Å². The Balaban J connectivity index is 2.10. The van der Waals surface area contributed by atoms with Crippen LogP contribution in [-0.2, 0) is 7.05 Å². The molecule has 0 bridgehead atoms. The van der Waals surface area contributed by atoms with Crippen LogP contribution in [0.5, 0.6) is 5.75 Å². The number of ketones is 1. The lowest BCUT2D eigenvalue weighted by atomic mass is 10.1. The minimum Gasteiger partial charge on any atom is -0.504 e. The van der Waals surface area contributed by atoms with Crippen LogP contribution in [0.1, 0.15) is 31.1 Å². The van der Waals surface area contributed by atoms with E-state index in [9.17, 15) is 9.90 Å². The van der Waals surface area contributed by atoms with E-state index in [1.165, 1.54) is 6.92 Å². The molecule has 0 aliphatic heterocycles. The summed E-state index contributed by atoms with van der Waals surface area (Å²) in [4.78, 5) is 19.2. The van der Waals surface area contributed by atoms with Crippen LogP contribution >= 0.6 is 0 Å². The number of carbonyl (C=O) groups is 1. The topological polar surface area (TPSA) is 82.9 Å². The molecule has 3 aromatic rings. The number of aromatic nitrogens is 3. The number of hydrogen-bond donors (Lipinski definition) is 3. The average molecular weight is 312 g/mol. The highest BCUT2D eigenvalue weighted by molar-refractivity contribution is 5.97. The fourth-order valence-electron chi connectivity index (χ4n) is 2.65. The maximum atomic E-state index is 11.5. The lowest BCUT2D eigenvalue weighted by molar-refractivity contribution is 0.101. The van der Waals surface area contributed by atoms with Gasteiger partial charge in [0.1, 0.15) is 5.69 Å². The van der Waals surface area contributed by atoms with E-state index in [0.717, 1.165) is 11.0 Å². The van der Waals surface area contributed by atoms with Crippen LogP contribution in [0.3, 0.4) is 0 Å². The third-order valence-electron chi connectivity index (χ3n) is 3.71. The first-order chi connectivity index (χ1) is 10.9. The molecule has 0 atom stereocenters. The number of hydrogen-bond acceptors (Lipinski definition) is 4. The zero-order valence-electron chi connectivity index (χ0n) is 13.6. The Morgan fingerprint density at radius 3 is 2.78 bits per heavy atom. The maximum Gasteiger partial charge on any atom is 0.168 e. The van der Waals surface area contributed by atoms with Crippen molar-refractivity contribution in [3.8, 4) is 17.3 Å². The molecule has 0 saturated heterocycles. The van der Waals surface area contributed by atoms with Crippen molar-refractivity contribution >= 4 is 22.5 Å². The Morgan fingerprint density at radius 2 is 2.13 bits per heavy atom. The second-order valence-corrected chi connectivity index (χ2v) is 6.02. The Bertz CT molecular complexity index is 890. The van der Waals surface area contributed by atoms with E-state index >= 15 is 0 Å². The first-order valence-electron chi connectivity index (χ1n) is 7.52. The number of benzene rings is 1. The molecule has 3 rings (SSSR count). The van der Waals surface area contributed by atoms with Gasteiger partial charge in [-0.15, -0.1) is 0 Å². The largest absolute Gasteiger partial charge is 0.504 e. The molecule has 6 heteroatoms. The number of anilines is 1. The predicted molar refractivity (Wildman–Crippen MR) is 90.9 cm³/mol. The normalized spacial score (nSPS) is 11.3. The highest BCUT2D eigenvalue weighted by Gasteiger charge is 2.19. The van der Waals surface area contributed by atoms with Crippen LogP contribution in [0.25, 0.3) is 22.6 Å². The first kappa shape index (κ1) is 15.1. The quantitative estimate of drug-likeness (QED) is 0.646. The first-order valence-corrected chi connectivity index (χ1v) is 7.52. The van der Waals surface area contributed by atoms with Gasteiger partial charge in [-0.05, 0) is 39.0 Å². The standard InChI is InChI=1S/C17H20N4O2/c1-9(2)18-14-8-21(4)15(16(14)23)17-19-12-6-5-11(10(3)22)7-13(12)20-17/h5-9,18,23H,1-4H3,(H,19,20). The minimum absolute atomic E-state index is 0.00758. The van der Waals surface area contributed by atoms with Gasteiger partial charge in [0.2, 0.25) is 0 Å². The number of Topliss-reactive ketones (excluding diaryl/α,β-unsaturated/α-hetero) is 1. The van der Waals surface area contributed by atoms with Crippen LogP contribution in [-0.4, -0.2) is 31.5 Å². The maximum absolute atomic E-state index is 11.5. The summed E-state index contributed by atoms with van der Waals surface area (Å²) in [6.07, 6.45) is 1.83. The molecular weight excluding hydrogens is 292 g/mol. The molecule has 0 aliphatic rings. The monoisotopic (exact) mass is 312 g/mol. The van der Waals surface area contributed by atoms with Crippen LogP contribution in [0.2, 0.25) is 0 Å². The Kier molecular flexibility index (Phi) is 3.60. The number of fused-ring (bicyclic) bond motifs is 1. The number of nitrogens with one attached hydrogen (secondary N) is 2. The Labute approximate surface area is 134 Å². The molecule has 0 amide bonds. The van der Waals surface area contributed by atoms with Crippen molar-refractivity contribution in [3.05, 3.63) is 30.0 Å². The summed E-state index contributed by atoms with van der Waals surface area (Å²) in [5.41, 5.74) is 3.43. The number of rotatable bonds is 4. The SMILES string of the molecule is CC(=O)c1ccc2nc(-c3c(O)c(NC(C)C)cn3C)[nH]c2c1. The Morgan fingerprint density at radius 1 is 1.39 bits per heavy atom. The van der Waals surface area contributed by atoms with Crippen molar-refractivity contribution in [3.63, 3.8) is 0 Å². The van der Waals surface area contributed by atoms with Crippen LogP contribution in [0.15, 0.2) is 24.4 Å². The molecule has 0 spiro atoms. The van der Waals surface area contributed by atoms with Crippen LogP contribution in [0.4, 0.5) is 5.69 Å². The molecule has 1 aromatic carbocycles. The zero-order valence-corrected chi connectivity index (χ0v) is 13.6. The number of aromatic amines is 1. The fraction of sp³-hybridized carbons (Fsp3) is 0.294. The highest BCUT2D eigenvalue weighted by atomic mass is 16.3. The van der Waals surface area contributed by atoms with E-state index in [1.807, 2.05) is 31.7 Å². The number of imidazole rings is 1. The van der Waals surface area contributed by atoms with Gasteiger partial charge in [0.25, 0.3) is 0 Å². The van der Waals surface area contributed by atoms with E-state index in [2.05, 4.69) is 15.3 Å². The smallest absolute Gasteiger partial charge is 0.168 e. The van der Waals surface area contributed by atoms with Gasteiger partial charge >= 0.3 is 0 Å². The van der Waals surface area contributed by atoms with Crippen LogP contribution in [0, 0.1) is 0 Å². The number of H-pyrrole nitrogens is 1. The van der Waals surface area contributed by atoms with Gasteiger partial charge in [0, 0.05) is 24.8 Å². The molecule has 6 nitrogen and oxygen atoms in total. The lowest BCUT2D eigenvalue weighted by Crippen LogP contribution is -2.08. The summed E-state index contributed by atoms with van der Waals surface area (Å²) in [5.74, 6) is 0.734. The van der Waals surface area contributed by atoms with Crippen LogP contribution < -0.4 is 5.32 Å². The average Bonchev–Trinajstić information content (AvgIpc) is 2.98. The van der Waals surface area contributed by atoms with Gasteiger partial charge in [-0.3, -0.25) is 4.79 Å². The molecular formula is C17H20N4O2. The lowest BCUT2D eigenvalue weighted by Gasteiger charge is -2.07. The number of aromatic hydroxyl groups is 1. The summed E-state index contributed by atoms with van der Waals surface area (Å²) < 4.78 is 1.82. The molecule has 23 heavy (non-hydrogen) atoms. The van der Waals surface area contributed by atoms with Crippen molar-refractivity contribution in [2.75, 3.05) is 5.32 Å². The molecule has 0 saturated carbocycles. The van der Waals surface area contributed by atoms with Gasteiger partial charge in [0.15, 0.2) is 17.4 Å². The van der Waals surface area contributed by atoms with Gasteiger partial charge < -0.3 is 20.0 Å². The molecule has 120 valence electrons. The molecule has 3 N–H and O–H groups in total. The molecule has 0 fully saturated rings. The third kappa shape index (κ3) is 2.67. The number of carbonyl (C=O) groups excluding carboxylic acids is 1. The second kappa shape index (κ2) is 5.46. The molecule has 0 unspecified atom stereocenters. The predicted octanol–water partition coefficient (Wildman–Crippen LogP) is 3.30. The summed E-state index contributed by atoms with van der Waals surface area (Å²) in [7, 11) is 1.86. The van der Waals surface area contributed by atoms with Crippen molar-refractivity contribution < 1.29 is 9.90 Å². The van der Waals surface area contributed by atoms with Crippen molar-refractivity contribution in [2.24, 2.45) is 7.05 Å². The summed E-state index contributed by atoms with van der Waals surface area (Å²) in [6.45, 7) is 5.55. The number of nitrogens with zero attached hydrogens (tertiary/aromatic N) is 2. The van der Waals surface area contributed by atoms with Crippen molar-refractivity contribution in [1.82, 2.24) is 14.5 Å². The summed E-state index contributed by atoms with van der Waals surface area (Å²) in [5, 5.41) is 13.7.